The van der Waals surface area contributed by atoms with E-state index < -0.39 is 32.7 Å². The first-order chi connectivity index (χ1) is 10.4. The standard InChI is InChI=1S/C8H7BrFNO3S.C5H11NO2/c9-4-7(12)5-1-2-6(10)8(3-5)15(11,13)14;1-3(2)4(6)5(7)8/h1-3H,4H2,(H2,11,13,14);3-4H,6H2,1-2H3,(H,7,8)/t;4-/m.0/s1. The molecule has 0 fully saturated rings. The number of nitrogens with two attached hydrogens (primary N) is 2. The maximum atomic E-state index is 13.1. The highest BCUT2D eigenvalue weighted by Gasteiger charge is 2.17. The van der Waals surface area contributed by atoms with Gasteiger partial charge in [-0.15, -0.1) is 0 Å². The fourth-order valence-corrected chi connectivity index (χ4v) is 2.21. The third kappa shape index (κ3) is 7.16. The molecule has 0 unspecified atom stereocenters. The van der Waals surface area contributed by atoms with Crippen LogP contribution in [0.3, 0.4) is 0 Å². The third-order valence-electron chi connectivity index (χ3n) is 2.68. The molecule has 7 nitrogen and oxygen atoms in total. The van der Waals surface area contributed by atoms with Gasteiger partial charge in [0, 0.05) is 5.56 Å². The van der Waals surface area contributed by atoms with E-state index in [4.69, 9.17) is 16.0 Å². The summed E-state index contributed by atoms with van der Waals surface area (Å²) in [6, 6.07) is 2.31. The number of halogens is 2. The number of carboxylic acids is 1. The quantitative estimate of drug-likeness (QED) is 0.488. The Balaban J connectivity index is 0.000000515. The number of carbonyl (C=O) groups excluding carboxylic acids is 1. The van der Waals surface area contributed by atoms with Crippen molar-refractivity contribution in [3.63, 3.8) is 0 Å². The van der Waals surface area contributed by atoms with Gasteiger partial charge < -0.3 is 10.8 Å². The molecule has 0 bridgehead atoms. The topological polar surface area (TPSA) is 141 Å². The minimum Gasteiger partial charge on any atom is -0.480 e. The van der Waals surface area contributed by atoms with Crippen LogP contribution >= 0.6 is 15.9 Å². The summed E-state index contributed by atoms with van der Waals surface area (Å²) < 4.78 is 34.9. The minimum absolute atomic E-state index is 0.0208. The van der Waals surface area contributed by atoms with Gasteiger partial charge in [0.05, 0.1) is 5.33 Å². The molecule has 10 heteroatoms. The molecule has 0 saturated carbocycles. The van der Waals surface area contributed by atoms with E-state index in [-0.39, 0.29) is 22.6 Å². The highest BCUT2D eigenvalue weighted by Crippen LogP contribution is 2.15. The molecule has 130 valence electrons. The smallest absolute Gasteiger partial charge is 0.320 e. The predicted octanol–water partition coefficient (Wildman–Crippen LogP) is 1.11. The van der Waals surface area contributed by atoms with Gasteiger partial charge in [0.2, 0.25) is 10.0 Å². The van der Waals surface area contributed by atoms with Crippen molar-refractivity contribution in [2.24, 2.45) is 16.8 Å². The van der Waals surface area contributed by atoms with Gasteiger partial charge in [0.25, 0.3) is 0 Å². The normalized spacial score (nSPS) is 12.3. The summed E-state index contributed by atoms with van der Waals surface area (Å²) in [5.74, 6) is -2.23. The minimum atomic E-state index is -4.14. The molecule has 0 amide bonds. The van der Waals surface area contributed by atoms with Gasteiger partial charge in [0.15, 0.2) is 5.78 Å². The molecule has 23 heavy (non-hydrogen) atoms. The molecule has 0 radical (unpaired) electrons. The molecule has 0 aromatic heterocycles. The number of rotatable bonds is 5. The summed E-state index contributed by atoms with van der Waals surface area (Å²) >= 11 is 2.92. The maximum absolute atomic E-state index is 13.1. The first kappa shape index (κ1) is 21.6. The van der Waals surface area contributed by atoms with Crippen molar-refractivity contribution in [3.8, 4) is 0 Å². The fourth-order valence-electron chi connectivity index (χ4n) is 1.26. The number of alkyl halides is 1. The molecule has 0 aliphatic rings. The van der Waals surface area contributed by atoms with Crippen LogP contribution in [0.15, 0.2) is 23.1 Å². The number of ketones is 1. The van der Waals surface area contributed by atoms with E-state index in [9.17, 15) is 22.4 Å². The van der Waals surface area contributed by atoms with E-state index in [1.54, 1.807) is 13.8 Å². The first-order valence-electron chi connectivity index (χ1n) is 6.31. The molecule has 0 spiro atoms. The summed E-state index contributed by atoms with van der Waals surface area (Å²) in [5.41, 5.74) is 5.25. The second-order valence-electron chi connectivity index (χ2n) is 4.86. The molecule has 0 saturated heterocycles. The van der Waals surface area contributed by atoms with Crippen molar-refractivity contribution < 1.29 is 27.5 Å². The van der Waals surface area contributed by atoms with Crippen molar-refractivity contribution in [2.75, 3.05) is 5.33 Å². The van der Waals surface area contributed by atoms with Gasteiger partial charge in [0.1, 0.15) is 16.8 Å². The number of hydrogen-bond acceptors (Lipinski definition) is 5. The van der Waals surface area contributed by atoms with E-state index >= 15 is 0 Å². The van der Waals surface area contributed by atoms with Gasteiger partial charge in [-0.1, -0.05) is 29.8 Å². The number of sulfonamides is 1. The average Bonchev–Trinajstić information content (AvgIpc) is 2.45. The van der Waals surface area contributed by atoms with Crippen LogP contribution in [0, 0.1) is 11.7 Å². The first-order valence-corrected chi connectivity index (χ1v) is 8.98. The number of primary sulfonamides is 1. The second-order valence-corrected chi connectivity index (χ2v) is 6.95. The molecular weight excluding hydrogens is 395 g/mol. The zero-order valence-corrected chi connectivity index (χ0v) is 14.9. The molecule has 0 aliphatic carbocycles. The molecule has 1 aromatic rings. The molecule has 1 atom stereocenters. The Labute approximate surface area is 142 Å². The highest BCUT2D eigenvalue weighted by atomic mass is 79.9. The largest absolute Gasteiger partial charge is 0.480 e. The lowest BCUT2D eigenvalue weighted by Crippen LogP contribution is -2.34. The Morgan fingerprint density at radius 2 is 1.87 bits per heavy atom. The average molecular weight is 413 g/mol. The summed E-state index contributed by atoms with van der Waals surface area (Å²) in [7, 11) is -4.14. The van der Waals surface area contributed by atoms with Crippen molar-refractivity contribution in [1.82, 2.24) is 0 Å². The lowest BCUT2D eigenvalue weighted by Gasteiger charge is -2.07. The SMILES string of the molecule is CC(C)[C@H](N)C(=O)O.NS(=O)(=O)c1cc(C(=O)CBr)ccc1F. The second kappa shape index (κ2) is 9.06. The lowest BCUT2D eigenvalue weighted by atomic mass is 10.1. The molecule has 1 rings (SSSR count). The van der Waals surface area contributed by atoms with E-state index in [1.807, 2.05) is 0 Å². The van der Waals surface area contributed by atoms with E-state index in [2.05, 4.69) is 15.9 Å². The van der Waals surface area contributed by atoms with Gasteiger partial charge >= 0.3 is 5.97 Å². The molecular formula is C13H18BrFN2O5S. The van der Waals surface area contributed by atoms with Gasteiger partial charge in [-0.05, 0) is 24.1 Å². The van der Waals surface area contributed by atoms with Crippen molar-refractivity contribution in [1.29, 1.82) is 0 Å². The Kier molecular flexibility index (Phi) is 8.53. The summed E-state index contributed by atoms with van der Waals surface area (Å²) in [6.07, 6.45) is 0. The molecule has 0 heterocycles. The lowest BCUT2D eigenvalue weighted by molar-refractivity contribution is -0.139. The molecule has 5 N–H and O–H groups in total. The number of carbonyl (C=O) groups is 2. The molecule has 0 aliphatic heterocycles. The van der Waals surface area contributed by atoms with E-state index in [0.717, 1.165) is 12.1 Å². The number of benzene rings is 1. The number of hydrogen-bond donors (Lipinski definition) is 3. The summed E-state index contributed by atoms with van der Waals surface area (Å²) in [5, 5.41) is 13.0. The Morgan fingerprint density at radius 3 is 2.17 bits per heavy atom. The summed E-state index contributed by atoms with van der Waals surface area (Å²) in [6.45, 7) is 3.55. The van der Waals surface area contributed by atoms with Crippen LogP contribution in [0.4, 0.5) is 4.39 Å². The Morgan fingerprint density at radius 1 is 1.35 bits per heavy atom. The summed E-state index contributed by atoms with van der Waals surface area (Å²) in [4.78, 5) is 20.5. The van der Waals surface area contributed by atoms with Gasteiger partial charge in [-0.25, -0.2) is 17.9 Å². The van der Waals surface area contributed by atoms with Crippen LogP contribution < -0.4 is 10.9 Å². The van der Waals surface area contributed by atoms with E-state index in [1.165, 1.54) is 6.07 Å². The number of Topliss-reactive ketones (excluding diaryl/α,β-unsaturated/α-hetero) is 1. The third-order valence-corrected chi connectivity index (χ3v) is 4.12. The van der Waals surface area contributed by atoms with Crippen molar-refractivity contribution in [2.45, 2.75) is 24.8 Å². The zero-order valence-electron chi connectivity index (χ0n) is 12.5. The Bertz CT molecular complexity index is 679. The van der Waals surface area contributed by atoms with Crippen LogP contribution in [-0.2, 0) is 14.8 Å². The van der Waals surface area contributed by atoms with Crippen LogP contribution in [0.1, 0.15) is 24.2 Å². The fraction of sp³-hybridized carbons (Fsp3) is 0.385. The van der Waals surface area contributed by atoms with Gasteiger partial charge in [-0.3, -0.25) is 9.59 Å². The van der Waals surface area contributed by atoms with Crippen LogP contribution in [0.2, 0.25) is 0 Å². The van der Waals surface area contributed by atoms with Gasteiger partial charge in [-0.2, -0.15) is 0 Å². The van der Waals surface area contributed by atoms with Crippen molar-refractivity contribution in [3.05, 3.63) is 29.6 Å². The highest BCUT2D eigenvalue weighted by molar-refractivity contribution is 9.09. The number of aliphatic carboxylic acids is 1. The van der Waals surface area contributed by atoms with Crippen LogP contribution in [0.25, 0.3) is 0 Å². The maximum Gasteiger partial charge on any atom is 0.320 e. The Hall–Kier alpha value is -1.36. The van der Waals surface area contributed by atoms with E-state index in [0.29, 0.717) is 0 Å². The zero-order chi connectivity index (χ0) is 18.4. The number of carboxylic acid groups (broad SMARTS) is 1. The molecule has 1 aromatic carbocycles. The van der Waals surface area contributed by atoms with Crippen molar-refractivity contribution >= 4 is 37.7 Å². The van der Waals surface area contributed by atoms with Crippen LogP contribution in [-0.4, -0.2) is 36.6 Å². The predicted molar refractivity (Wildman–Crippen MR) is 86.3 cm³/mol. The van der Waals surface area contributed by atoms with Crippen LogP contribution in [0.5, 0.6) is 0 Å². The monoisotopic (exact) mass is 412 g/mol.